The van der Waals surface area contributed by atoms with Crippen LogP contribution in [0.25, 0.3) is 0 Å². The first-order valence-corrected chi connectivity index (χ1v) is 7.44. The van der Waals surface area contributed by atoms with Crippen molar-refractivity contribution in [3.63, 3.8) is 0 Å². The zero-order valence-corrected chi connectivity index (χ0v) is 13.8. The van der Waals surface area contributed by atoms with E-state index in [1.165, 1.54) is 0 Å². The molecule has 0 bridgehead atoms. The Labute approximate surface area is 132 Å². The summed E-state index contributed by atoms with van der Waals surface area (Å²) in [6.45, 7) is 5.09. The van der Waals surface area contributed by atoms with E-state index in [1.807, 2.05) is 26.2 Å². The number of hydrogen-bond acceptors (Lipinski definition) is 4. The normalized spacial score (nSPS) is 11.3. The zero-order valence-electron chi connectivity index (χ0n) is 13.8. The van der Waals surface area contributed by atoms with Gasteiger partial charge in [-0.15, -0.1) is 0 Å². The molecule has 1 rings (SSSR count). The fourth-order valence-electron chi connectivity index (χ4n) is 1.83. The molecule has 0 unspecified atom stereocenters. The predicted molar refractivity (Wildman–Crippen MR) is 86.0 cm³/mol. The highest BCUT2D eigenvalue weighted by Gasteiger charge is 2.35. The molecule has 0 atom stereocenters. The number of carbonyl (C=O) groups is 2. The van der Waals surface area contributed by atoms with Gasteiger partial charge in [-0.05, 0) is 52.5 Å². The molecule has 0 aromatic carbocycles. The molecule has 0 saturated heterocycles. The second kappa shape index (κ2) is 8.48. The minimum Gasteiger partial charge on any atom is -0.355 e. The molecule has 0 aliphatic carbocycles. The minimum absolute atomic E-state index is 0.255. The van der Waals surface area contributed by atoms with E-state index in [2.05, 4.69) is 20.5 Å². The average Bonchev–Trinajstić information content (AvgIpc) is 2.49. The summed E-state index contributed by atoms with van der Waals surface area (Å²) in [5.74, 6) is -0.545. The Morgan fingerprint density at radius 1 is 1.23 bits per heavy atom. The van der Waals surface area contributed by atoms with Gasteiger partial charge < -0.3 is 15.5 Å². The summed E-state index contributed by atoms with van der Waals surface area (Å²) in [4.78, 5) is 30.4. The molecule has 122 valence electrons. The quantitative estimate of drug-likeness (QED) is 0.550. The number of rotatable bonds is 8. The van der Waals surface area contributed by atoms with Crippen molar-refractivity contribution in [1.82, 2.24) is 20.5 Å². The van der Waals surface area contributed by atoms with Gasteiger partial charge in [0.2, 0.25) is 11.8 Å². The van der Waals surface area contributed by atoms with Crippen molar-refractivity contribution in [1.29, 1.82) is 0 Å². The van der Waals surface area contributed by atoms with Crippen LogP contribution in [0.3, 0.4) is 0 Å². The van der Waals surface area contributed by atoms with E-state index in [4.69, 9.17) is 0 Å². The van der Waals surface area contributed by atoms with Crippen molar-refractivity contribution >= 4 is 11.8 Å². The first kappa shape index (κ1) is 18.1. The first-order valence-electron chi connectivity index (χ1n) is 7.44. The fraction of sp³-hybridized carbons (Fsp3) is 0.562. The van der Waals surface area contributed by atoms with Gasteiger partial charge in [0.25, 0.3) is 0 Å². The molecule has 0 fully saturated rings. The lowest BCUT2D eigenvalue weighted by Gasteiger charge is -2.23. The molecule has 1 aromatic rings. The minimum atomic E-state index is -1.10. The van der Waals surface area contributed by atoms with Gasteiger partial charge in [-0.25, -0.2) is 0 Å². The highest BCUT2D eigenvalue weighted by molar-refractivity contribution is 6.04. The van der Waals surface area contributed by atoms with Crippen molar-refractivity contribution in [2.45, 2.75) is 26.8 Å². The molecule has 2 N–H and O–H groups in total. The van der Waals surface area contributed by atoms with Crippen molar-refractivity contribution in [2.75, 3.05) is 27.2 Å². The molecule has 1 heterocycles. The molecule has 2 amide bonds. The van der Waals surface area contributed by atoms with Crippen LogP contribution >= 0.6 is 0 Å². The molecule has 0 aliphatic heterocycles. The summed E-state index contributed by atoms with van der Waals surface area (Å²) >= 11 is 0. The Kier molecular flexibility index (Phi) is 6.98. The van der Waals surface area contributed by atoms with Crippen LogP contribution in [0.15, 0.2) is 24.5 Å². The molecule has 0 spiro atoms. The van der Waals surface area contributed by atoms with Gasteiger partial charge in [-0.2, -0.15) is 0 Å². The van der Waals surface area contributed by atoms with E-state index in [0.29, 0.717) is 13.1 Å². The van der Waals surface area contributed by atoms with Crippen LogP contribution < -0.4 is 10.6 Å². The molecular formula is C16H26N4O2. The number of carbonyl (C=O) groups excluding carboxylic acids is 2. The van der Waals surface area contributed by atoms with Crippen LogP contribution in [0.1, 0.15) is 25.8 Å². The molecule has 6 heteroatoms. The van der Waals surface area contributed by atoms with Gasteiger partial charge >= 0.3 is 0 Å². The number of nitrogens with zero attached hydrogens (tertiary/aromatic N) is 2. The maximum atomic E-state index is 12.2. The van der Waals surface area contributed by atoms with E-state index in [1.54, 1.807) is 26.2 Å². The Balaban J connectivity index is 2.42. The van der Waals surface area contributed by atoms with E-state index < -0.39 is 5.41 Å². The highest BCUT2D eigenvalue weighted by Crippen LogP contribution is 2.15. The molecule has 1 aromatic heterocycles. The second-order valence-electron chi connectivity index (χ2n) is 6.08. The lowest BCUT2D eigenvalue weighted by molar-refractivity contribution is -0.141. The Bertz CT molecular complexity index is 486. The average molecular weight is 306 g/mol. The van der Waals surface area contributed by atoms with Crippen molar-refractivity contribution in [3.8, 4) is 0 Å². The fourth-order valence-corrected chi connectivity index (χ4v) is 1.83. The zero-order chi connectivity index (χ0) is 16.6. The molecule has 0 radical (unpaired) electrons. The summed E-state index contributed by atoms with van der Waals surface area (Å²) in [5.41, 5.74) is -0.196. The van der Waals surface area contributed by atoms with Gasteiger partial charge in [0.1, 0.15) is 5.41 Å². The molecule has 0 aliphatic rings. The lowest BCUT2D eigenvalue weighted by Crippen LogP contribution is -2.48. The summed E-state index contributed by atoms with van der Waals surface area (Å²) in [6.07, 6.45) is 4.22. The predicted octanol–water partition coefficient (Wildman–Crippen LogP) is 0.792. The SMILES string of the molecule is CN(C)CCCNC(=O)C(C)(C)C(=O)NCc1cccnc1. The van der Waals surface area contributed by atoms with Gasteiger partial charge in [-0.3, -0.25) is 14.6 Å². The topological polar surface area (TPSA) is 74.3 Å². The molecule has 6 nitrogen and oxygen atoms in total. The van der Waals surface area contributed by atoms with Crippen LogP contribution in [0.4, 0.5) is 0 Å². The Hall–Kier alpha value is -1.95. The Morgan fingerprint density at radius 2 is 1.91 bits per heavy atom. The standard InChI is InChI=1S/C16H26N4O2/c1-16(2,14(21)18-9-6-10-20(3)4)15(22)19-12-13-7-5-8-17-11-13/h5,7-8,11H,6,9-10,12H2,1-4H3,(H,18,21)(H,19,22). The van der Waals surface area contributed by atoms with Crippen LogP contribution in [0.2, 0.25) is 0 Å². The summed E-state index contributed by atoms with van der Waals surface area (Å²) in [5, 5.41) is 5.60. The first-order chi connectivity index (χ1) is 10.3. The Morgan fingerprint density at radius 3 is 2.50 bits per heavy atom. The molecular weight excluding hydrogens is 280 g/mol. The third-order valence-corrected chi connectivity index (χ3v) is 3.38. The highest BCUT2D eigenvalue weighted by atomic mass is 16.2. The number of aromatic nitrogens is 1. The lowest BCUT2D eigenvalue weighted by atomic mass is 9.91. The van der Waals surface area contributed by atoms with E-state index in [0.717, 1.165) is 18.5 Å². The van der Waals surface area contributed by atoms with Gasteiger partial charge in [-0.1, -0.05) is 6.07 Å². The maximum absolute atomic E-state index is 12.2. The van der Waals surface area contributed by atoms with E-state index in [9.17, 15) is 9.59 Å². The third kappa shape index (κ3) is 5.81. The number of pyridine rings is 1. The van der Waals surface area contributed by atoms with Crippen molar-refractivity contribution in [2.24, 2.45) is 5.41 Å². The van der Waals surface area contributed by atoms with Crippen LogP contribution in [-0.4, -0.2) is 48.9 Å². The second-order valence-corrected chi connectivity index (χ2v) is 6.08. The summed E-state index contributed by atoms with van der Waals surface area (Å²) in [7, 11) is 3.97. The van der Waals surface area contributed by atoms with Gasteiger partial charge in [0.15, 0.2) is 0 Å². The summed E-state index contributed by atoms with van der Waals surface area (Å²) in [6, 6.07) is 3.69. The van der Waals surface area contributed by atoms with Gasteiger partial charge in [0, 0.05) is 25.5 Å². The van der Waals surface area contributed by atoms with E-state index in [-0.39, 0.29) is 11.8 Å². The largest absolute Gasteiger partial charge is 0.355 e. The van der Waals surface area contributed by atoms with Crippen molar-refractivity contribution in [3.05, 3.63) is 30.1 Å². The van der Waals surface area contributed by atoms with Gasteiger partial charge in [0.05, 0.1) is 0 Å². The maximum Gasteiger partial charge on any atom is 0.235 e. The number of nitrogens with one attached hydrogen (secondary N) is 2. The van der Waals surface area contributed by atoms with E-state index >= 15 is 0 Å². The molecule has 0 saturated carbocycles. The van der Waals surface area contributed by atoms with Crippen LogP contribution in [0, 0.1) is 5.41 Å². The van der Waals surface area contributed by atoms with Crippen molar-refractivity contribution < 1.29 is 9.59 Å². The van der Waals surface area contributed by atoms with Crippen LogP contribution in [-0.2, 0) is 16.1 Å². The summed E-state index contributed by atoms with van der Waals surface area (Å²) < 4.78 is 0. The smallest absolute Gasteiger partial charge is 0.235 e. The number of amides is 2. The third-order valence-electron chi connectivity index (χ3n) is 3.38. The van der Waals surface area contributed by atoms with Crippen LogP contribution in [0.5, 0.6) is 0 Å². The molecule has 22 heavy (non-hydrogen) atoms. The monoisotopic (exact) mass is 306 g/mol. The number of hydrogen-bond donors (Lipinski definition) is 2.